The second-order valence-corrected chi connectivity index (χ2v) is 13.7. The fourth-order valence-electron chi connectivity index (χ4n) is 6.76. The molecule has 0 bridgehead atoms. The third-order valence-corrected chi connectivity index (χ3v) is 9.89. The van der Waals surface area contributed by atoms with Gasteiger partial charge in [-0.3, -0.25) is 14.5 Å². The lowest BCUT2D eigenvalue weighted by molar-refractivity contribution is -0.154. The first-order valence-electron chi connectivity index (χ1n) is 16.8. The van der Waals surface area contributed by atoms with Crippen LogP contribution in [0.2, 0.25) is 0 Å². The molecule has 3 aromatic carbocycles. The van der Waals surface area contributed by atoms with E-state index in [0.29, 0.717) is 43.9 Å². The van der Waals surface area contributed by atoms with Gasteiger partial charge in [-0.2, -0.15) is 0 Å². The predicted molar refractivity (Wildman–Crippen MR) is 181 cm³/mol. The van der Waals surface area contributed by atoms with E-state index in [2.05, 4.69) is 10.2 Å². The van der Waals surface area contributed by atoms with Gasteiger partial charge in [-0.1, -0.05) is 50.2 Å². The quantitative estimate of drug-likeness (QED) is 0.173. The van der Waals surface area contributed by atoms with Gasteiger partial charge in [-0.05, 0) is 98.3 Å². The van der Waals surface area contributed by atoms with Gasteiger partial charge >= 0.3 is 5.97 Å². The van der Waals surface area contributed by atoms with Crippen molar-refractivity contribution in [3.05, 3.63) is 101 Å². The van der Waals surface area contributed by atoms with Gasteiger partial charge in [-0.15, -0.1) is 0 Å². The van der Waals surface area contributed by atoms with Crippen LogP contribution in [0, 0.1) is 23.5 Å². The minimum Gasteiger partial charge on any atom is -0.480 e. The van der Waals surface area contributed by atoms with E-state index in [-0.39, 0.29) is 47.7 Å². The lowest BCUT2D eigenvalue weighted by Gasteiger charge is -2.48. The molecule has 5 rings (SSSR count). The molecule has 2 fully saturated rings. The Balaban J connectivity index is 1.20. The van der Waals surface area contributed by atoms with Crippen molar-refractivity contribution < 1.29 is 38.1 Å². The van der Waals surface area contributed by atoms with E-state index in [4.69, 9.17) is 4.74 Å². The second-order valence-electron chi connectivity index (χ2n) is 13.7. The molecular weight excluding hydrogens is 632 g/mol. The lowest BCUT2D eigenvalue weighted by Crippen LogP contribution is -2.63. The number of nitrogens with zero attached hydrogens (tertiary/aromatic N) is 2. The summed E-state index contributed by atoms with van der Waals surface area (Å²) in [5.41, 5.74) is 2.76. The number of aliphatic carboxylic acids is 1. The Morgan fingerprint density at radius 1 is 1.00 bits per heavy atom. The maximum Gasteiger partial charge on any atom is 0.326 e. The third kappa shape index (κ3) is 8.34. The van der Waals surface area contributed by atoms with Gasteiger partial charge < -0.3 is 25.2 Å². The number of aliphatic hydroxyl groups is 1. The summed E-state index contributed by atoms with van der Waals surface area (Å²) in [6.45, 7) is 5.03. The van der Waals surface area contributed by atoms with E-state index in [1.54, 1.807) is 43.0 Å². The molecule has 1 unspecified atom stereocenters. The number of aryl methyl sites for hydroxylation is 1. The average Bonchev–Trinajstić information content (AvgIpc) is 3.05. The van der Waals surface area contributed by atoms with Gasteiger partial charge in [0.1, 0.15) is 17.7 Å². The molecule has 49 heavy (non-hydrogen) atoms. The number of halogens is 2. The SMILES string of the molecule is CC(C)C(NC(=O)CC1(N(C)CCCc2ccc([C@@H]3[C@@H](CC[C@H](O)c4ccc(F)cc4)C(=O)N3c3ccc(F)cc3)cc2)COC1)C(=O)O. The highest BCUT2D eigenvalue weighted by atomic mass is 19.1. The molecule has 2 amide bonds. The maximum atomic E-state index is 13.7. The van der Waals surface area contributed by atoms with Crippen LogP contribution in [0.15, 0.2) is 72.8 Å². The molecule has 0 saturated carbocycles. The van der Waals surface area contributed by atoms with Crippen molar-refractivity contribution in [3.63, 3.8) is 0 Å². The highest BCUT2D eigenvalue weighted by Crippen LogP contribution is 2.46. The summed E-state index contributed by atoms with van der Waals surface area (Å²) in [5, 5.41) is 22.8. The van der Waals surface area contributed by atoms with Crippen LogP contribution in [0.1, 0.15) is 68.4 Å². The topological polar surface area (TPSA) is 119 Å². The first-order valence-corrected chi connectivity index (χ1v) is 16.8. The van der Waals surface area contributed by atoms with Gasteiger partial charge in [-0.25, -0.2) is 13.6 Å². The standard InChI is InChI=1S/C38H45F2N3O6/c1-24(2)34(37(47)48)41-33(45)21-38(22-49-23-38)42(3)20-4-5-25-6-8-27(9-7-25)35-31(18-19-32(44)26-10-12-28(39)13-11-26)36(46)43(35)30-16-14-29(40)15-17-30/h6-17,24,31-32,34-35,44H,4-5,18-23H2,1-3H3,(H,41,45)(H,47,48)/t31-,32+,34?,35-/m1/s1. The molecule has 11 heteroatoms. The number of benzene rings is 3. The number of likely N-dealkylation sites (N-methyl/N-ethyl adjacent to an activating group) is 1. The number of carbonyl (C=O) groups excluding carboxylic acids is 2. The van der Waals surface area contributed by atoms with Gasteiger partial charge in [0.15, 0.2) is 0 Å². The summed E-state index contributed by atoms with van der Waals surface area (Å²) in [5.74, 6) is -2.85. The highest BCUT2D eigenvalue weighted by Gasteiger charge is 2.48. The summed E-state index contributed by atoms with van der Waals surface area (Å²) >= 11 is 0. The van der Waals surface area contributed by atoms with Crippen LogP contribution in [0.5, 0.6) is 0 Å². The van der Waals surface area contributed by atoms with Crippen molar-refractivity contribution in [2.75, 3.05) is 31.7 Å². The van der Waals surface area contributed by atoms with Crippen molar-refractivity contribution in [2.24, 2.45) is 11.8 Å². The van der Waals surface area contributed by atoms with Crippen LogP contribution < -0.4 is 10.2 Å². The number of carboxylic acids is 1. The Labute approximate surface area is 285 Å². The van der Waals surface area contributed by atoms with Crippen molar-refractivity contribution in [2.45, 2.75) is 69.7 Å². The average molecular weight is 678 g/mol. The molecular formula is C38H45F2N3O6. The number of aliphatic hydroxyl groups excluding tert-OH is 1. The molecule has 0 spiro atoms. The van der Waals surface area contributed by atoms with Crippen LogP contribution in [0.4, 0.5) is 14.5 Å². The number of carbonyl (C=O) groups is 3. The first-order chi connectivity index (χ1) is 23.4. The summed E-state index contributed by atoms with van der Waals surface area (Å²) in [7, 11) is 1.96. The zero-order valence-electron chi connectivity index (χ0n) is 28.1. The number of β-lactam (4-membered cyclic amide) rings is 1. The molecule has 9 nitrogen and oxygen atoms in total. The number of amides is 2. The van der Waals surface area contributed by atoms with Crippen molar-refractivity contribution in [1.82, 2.24) is 10.2 Å². The number of hydrogen-bond acceptors (Lipinski definition) is 6. The largest absolute Gasteiger partial charge is 0.480 e. The molecule has 2 heterocycles. The lowest BCUT2D eigenvalue weighted by atomic mass is 9.78. The van der Waals surface area contributed by atoms with Crippen LogP contribution in [-0.4, -0.2) is 71.3 Å². The third-order valence-electron chi connectivity index (χ3n) is 9.89. The predicted octanol–water partition coefficient (Wildman–Crippen LogP) is 5.43. The monoisotopic (exact) mass is 677 g/mol. The minimum atomic E-state index is -1.05. The Hall–Kier alpha value is -4.19. The number of carboxylic acid groups (broad SMARTS) is 1. The highest BCUT2D eigenvalue weighted by molar-refractivity contribution is 6.03. The molecule has 4 atom stereocenters. The van der Waals surface area contributed by atoms with E-state index >= 15 is 0 Å². The first kappa shape index (κ1) is 36.1. The molecule has 262 valence electrons. The summed E-state index contributed by atoms with van der Waals surface area (Å²) in [4.78, 5) is 41.6. The van der Waals surface area contributed by atoms with Crippen molar-refractivity contribution in [1.29, 1.82) is 0 Å². The molecule has 0 radical (unpaired) electrons. The normalized spacial score (nSPS) is 19.7. The zero-order valence-corrected chi connectivity index (χ0v) is 28.1. The van der Waals surface area contributed by atoms with Crippen LogP contribution in [0.3, 0.4) is 0 Å². The molecule has 2 aliphatic rings. The van der Waals surface area contributed by atoms with E-state index in [0.717, 1.165) is 24.0 Å². The fraction of sp³-hybridized carbons (Fsp3) is 0.447. The number of rotatable bonds is 16. The molecule has 2 saturated heterocycles. The van der Waals surface area contributed by atoms with Crippen LogP contribution >= 0.6 is 0 Å². The van der Waals surface area contributed by atoms with Crippen LogP contribution in [0.25, 0.3) is 0 Å². The fourth-order valence-corrected chi connectivity index (χ4v) is 6.76. The molecule has 0 aliphatic carbocycles. The Morgan fingerprint density at radius 3 is 2.16 bits per heavy atom. The number of nitrogens with one attached hydrogen (secondary N) is 1. The summed E-state index contributed by atoms with van der Waals surface area (Å²) in [6, 6.07) is 18.4. The van der Waals surface area contributed by atoms with E-state index in [9.17, 15) is 33.4 Å². The van der Waals surface area contributed by atoms with Gasteiger partial charge in [0, 0.05) is 12.1 Å². The van der Waals surface area contributed by atoms with Crippen LogP contribution in [-0.2, 0) is 25.5 Å². The maximum absolute atomic E-state index is 13.7. The number of anilines is 1. The Bertz CT molecular complexity index is 1600. The van der Waals surface area contributed by atoms with E-state index < -0.39 is 23.7 Å². The molecule has 3 aromatic rings. The smallest absolute Gasteiger partial charge is 0.326 e. The Morgan fingerprint density at radius 2 is 1.61 bits per heavy atom. The van der Waals surface area contributed by atoms with Gasteiger partial charge in [0.25, 0.3) is 0 Å². The van der Waals surface area contributed by atoms with Crippen molar-refractivity contribution in [3.8, 4) is 0 Å². The molecule has 0 aromatic heterocycles. The summed E-state index contributed by atoms with van der Waals surface area (Å²) < 4.78 is 32.6. The number of hydrogen-bond donors (Lipinski definition) is 3. The van der Waals surface area contributed by atoms with Crippen molar-refractivity contribution >= 4 is 23.5 Å². The number of ether oxygens (including phenoxy) is 1. The summed E-state index contributed by atoms with van der Waals surface area (Å²) in [6.07, 6.45) is 1.66. The Kier molecular flexibility index (Phi) is 11.5. The zero-order chi connectivity index (χ0) is 35.3. The molecule has 2 aliphatic heterocycles. The van der Waals surface area contributed by atoms with E-state index in [1.807, 2.05) is 31.3 Å². The van der Waals surface area contributed by atoms with Gasteiger partial charge in [0.2, 0.25) is 11.8 Å². The minimum absolute atomic E-state index is 0.0969. The van der Waals surface area contributed by atoms with Gasteiger partial charge in [0.05, 0.1) is 36.8 Å². The molecule has 3 N–H and O–H groups in total. The van der Waals surface area contributed by atoms with E-state index in [1.165, 1.54) is 24.3 Å². The second kappa shape index (κ2) is 15.6.